The number of piperidine rings is 2. The number of rotatable bonds is 8. The molecule has 6 rings (SSSR count). The first-order valence-electron chi connectivity index (χ1n) is 15.1. The highest BCUT2D eigenvalue weighted by Gasteiger charge is 2.28. The van der Waals surface area contributed by atoms with Gasteiger partial charge in [-0.15, -0.1) is 0 Å². The van der Waals surface area contributed by atoms with E-state index in [4.69, 9.17) is 18.9 Å². The Balaban J connectivity index is 1.23. The Morgan fingerprint density at radius 3 is 2.12 bits per heavy atom. The van der Waals surface area contributed by atoms with Crippen LogP contribution in [0.15, 0.2) is 54.6 Å². The van der Waals surface area contributed by atoms with Gasteiger partial charge in [-0.2, -0.15) is 0 Å². The normalized spacial score (nSPS) is 18.1. The van der Waals surface area contributed by atoms with Gasteiger partial charge < -0.3 is 28.7 Å². The zero-order valence-corrected chi connectivity index (χ0v) is 24.0. The van der Waals surface area contributed by atoms with Gasteiger partial charge in [0.2, 0.25) is 25.4 Å². The van der Waals surface area contributed by atoms with Crippen molar-refractivity contribution in [1.82, 2.24) is 9.80 Å². The van der Waals surface area contributed by atoms with E-state index in [-0.39, 0.29) is 25.4 Å². The molecule has 220 valence electrons. The van der Waals surface area contributed by atoms with E-state index in [1.54, 1.807) is 18.2 Å². The van der Waals surface area contributed by atoms with E-state index in [9.17, 15) is 9.59 Å². The van der Waals surface area contributed by atoms with Crippen molar-refractivity contribution in [1.29, 1.82) is 0 Å². The van der Waals surface area contributed by atoms with Crippen molar-refractivity contribution in [3.63, 3.8) is 0 Å². The molecule has 42 heavy (non-hydrogen) atoms. The second kappa shape index (κ2) is 13.2. The third kappa shape index (κ3) is 6.32. The molecule has 0 aromatic heterocycles. The maximum absolute atomic E-state index is 12.6. The van der Waals surface area contributed by atoms with E-state index in [1.165, 1.54) is 12.8 Å². The van der Waals surface area contributed by atoms with Gasteiger partial charge in [-0.25, -0.2) is 0 Å². The predicted octanol–water partition coefficient (Wildman–Crippen LogP) is 5.89. The molecule has 0 radical (unpaired) electrons. The maximum Gasteiger partial charge on any atom is 0.246 e. The first-order chi connectivity index (χ1) is 20.7. The summed E-state index contributed by atoms with van der Waals surface area (Å²) in [6.45, 7) is 3.65. The van der Waals surface area contributed by atoms with Crippen LogP contribution in [0.1, 0.15) is 56.1 Å². The molecule has 2 saturated heterocycles. The molecule has 0 spiro atoms. The molecule has 4 aliphatic heterocycles. The van der Waals surface area contributed by atoms with Crippen molar-refractivity contribution in [2.45, 2.75) is 51.4 Å². The number of ether oxygens (including phenoxy) is 4. The van der Waals surface area contributed by atoms with Crippen LogP contribution in [0, 0.1) is 0 Å². The standard InChI is InChI=1S/C34H38N2O6/c37-30(35-17-7-1-8-18-35)13-5-3-11-25-21-27(33-29(22-25)40-24-41-33)32-26(15-16-28-34(32)42-23-39-28)12-4-6-14-31(38)36-19-9-2-10-20-36/h4-6,12-16,21-22H,1-3,7-11,17-20,23-24H2. The van der Waals surface area contributed by atoms with Crippen LogP contribution in [0.2, 0.25) is 0 Å². The average Bonchev–Trinajstić information content (AvgIpc) is 3.71. The minimum atomic E-state index is 0.0491. The summed E-state index contributed by atoms with van der Waals surface area (Å²) < 4.78 is 23.4. The van der Waals surface area contributed by atoms with Crippen LogP contribution in [-0.4, -0.2) is 61.4 Å². The molecule has 4 heterocycles. The smallest absolute Gasteiger partial charge is 0.246 e. The number of hydrogen-bond acceptors (Lipinski definition) is 6. The molecule has 0 saturated carbocycles. The quantitative estimate of drug-likeness (QED) is 0.291. The Morgan fingerprint density at radius 1 is 0.714 bits per heavy atom. The van der Waals surface area contributed by atoms with Crippen LogP contribution in [0.3, 0.4) is 0 Å². The summed E-state index contributed by atoms with van der Waals surface area (Å²) in [5.74, 6) is 2.84. The van der Waals surface area contributed by atoms with Gasteiger partial charge in [0, 0.05) is 43.4 Å². The van der Waals surface area contributed by atoms with Gasteiger partial charge in [0.1, 0.15) is 0 Å². The van der Waals surface area contributed by atoms with Crippen molar-refractivity contribution in [3.8, 4) is 34.1 Å². The van der Waals surface area contributed by atoms with Gasteiger partial charge in [-0.1, -0.05) is 30.4 Å². The lowest BCUT2D eigenvalue weighted by Crippen LogP contribution is -2.34. The number of aryl methyl sites for hydroxylation is 1. The molecule has 2 amide bonds. The molecule has 2 aromatic carbocycles. The molecule has 0 unspecified atom stereocenters. The predicted molar refractivity (Wildman–Crippen MR) is 161 cm³/mol. The Morgan fingerprint density at radius 2 is 1.38 bits per heavy atom. The number of hydrogen-bond donors (Lipinski definition) is 0. The molecule has 0 bridgehead atoms. The highest BCUT2D eigenvalue weighted by molar-refractivity contribution is 5.90. The third-order valence-corrected chi connectivity index (χ3v) is 8.19. The minimum Gasteiger partial charge on any atom is -0.454 e. The molecule has 2 fully saturated rings. The van der Waals surface area contributed by atoms with Gasteiger partial charge in [0.05, 0.1) is 0 Å². The number of benzene rings is 2. The summed E-state index contributed by atoms with van der Waals surface area (Å²) in [7, 11) is 0. The number of likely N-dealkylation sites (tertiary alicyclic amines) is 2. The second-order valence-electron chi connectivity index (χ2n) is 11.1. The summed E-state index contributed by atoms with van der Waals surface area (Å²) in [5.41, 5.74) is 3.71. The molecule has 8 heteroatoms. The van der Waals surface area contributed by atoms with E-state index in [1.807, 2.05) is 46.2 Å². The Bertz CT molecular complexity index is 1400. The van der Waals surface area contributed by atoms with Gasteiger partial charge in [0.25, 0.3) is 0 Å². The highest BCUT2D eigenvalue weighted by Crippen LogP contribution is 2.50. The molecule has 4 aliphatic rings. The van der Waals surface area contributed by atoms with E-state index in [2.05, 4.69) is 6.07 Å². The van der Waals surface area contributed by atoms with Gasteiger partial charge in [0.15, 0.2) is 23.0 Å². The van der Waals surface area contributed by atoms with Crippen LogP contribution in [0.4, 0.5) is 0 Å². The van der Waals surface area contributed by atoms with Crippen molar-refractivity contribution in [2.24, 2.45) is 0 Å². The van der Waals surface area contributed by atoms with Crippen molar-refractivity contribution < 1.29 is 28.5 Å². The number of carbonyl (C=O) groups excluding carboxylic acids is 2. The van der Waals surface area contributed by atoms with Crippen molar-refractivity contribution in [2.75, 3.05) is 39.8 Å². The maximum atomic E-state index is 12.6. The van der Waals surface area contributed by atoms with Gasteiger partial charge in [-0.3, -0.25) is 9.59 Å². The fourth-order valence-corrected chi connectivity index (χ4v) is 5.97. The van der Waals surface area contributed by atoms with Gasteiger partial charge in [-0.05, 0) is 86.8 Å². The molecular weight excluding hydrogens is 532 g/mol. The average molecular weight is 571 g/mol. The van der Waals surface area contributed by atoms with Crippen LogP contribution >= 0.6 is 0 Å². The fraction of sp³-hybridized carbons (Fsp3) is 0.412. The third-order valence-electron chi connectivity index (χ3n) is 8.19. The summed E-state index contributed by atoms with van der Waals surface area (Å²) >= 11 is 0. The SMILES string of the molecule is O=C(C=CC=Cc1ccc2c(c1-c1cc(CCC=CC(=O)N3CCCCC3)cc3c1OCO3)OCO2)N1CCCCC1. The summed E-state index contributed by atoms with van der Waals surface area (Å²) in [6.07, 6.45) is 19.1. The van der Waals surface area contributed by atoms with Crippen molar-refractivity contribution >= 4 is 17.9 Å². The number of amides is 2. The topological polar surface area (TPSA) is 77.5 Å². The summed E-state index contributed by atoms with van der Waals surface area (Å²) in [6, 6.07) is 8.01. The van der Waals surface area contributed by atoms with Crippen LogP contribution < -0.4 is 18.9 Å². The monoisotopic (exact) mass is 570 g/mol. The lowest BCUT2D eigenvalue weighted by Gasteiger charge is -2.25. The molecule has 8 nitrogen and oxygen atoms in total. The first-order valence-corrected chi connectivity index (χ1v) is 15.1. The molecular formula is C34H38N2O6. The van der Waals surface area contributed by atoms with E-state index >= 15 is 0 Å². The van der Waals surface area contributed by atoms with E-state index in [0.29, 0.717) is 23.0 Å². The van der Waals surface area contributed by atoms with Gasteiger partial charge >= 0.3 is 0 Å². The molecule has 0 atom stereocenters. The zero-order valence-electron chi connectivity index (χ0n) is 24.0. The minimum absolute atomic E-state index is 0.0491. The van der Waals surface area contributed by atoms with Crippen LogP contribution in [0.25, 0.3) is 17.2 Å². The van der Waals surface area contributed by atoms with Crippen LogP contribution in [0.5, 0.6) is 23.0 Å². The van der Waals surface area contributed by atoms with Crippen LogP contribution in [-0.2, 0) is 16.0 Å². The molecule has 2 aromatic rings. The number of nitrogens with zero attached hydrogens (tertiary/aromatic N) is 2. The van der Waals surface area contributed by atoms with E-state index < -0.39 is 0 Å². The number of carbonyl (C=O) groups is 2. The van der Waals surface area contributed by atoms with Crippen molar-refractivity contribution in [3.05, 3.63) is 65.8 Å². The fourth-order valence-electron chi connectivity index (χ4n) is 5.97. The highest BCUT2D eigenvalue weighted by atomic mass is 16.7. The number of fused-ring (bicyclic) bond motifs is 2. The summed E-state index contributed by atoms with van der Waals surface area (Å²) in [5, 5.41) is 0. The lowest BCUT2D eigenvalue weighted by molar-refractivity contribution is -0.127. The van der Waals surface area contributed by atoms with E-state index in [0.717, 1.165) is 87.0 Å². The Hall–Kier alpha value is -4.20. The first kappa shape index (κ1) is 27.9. The second-order valence-corrected chi connectivity index (χ2v) is 11.1. The largest absolute Gasteiger partial charge is 0.454 e. The molecule has 0 aliphatic carbocycles. The summed E-state index contributed by atoms with van der Waals surface area (Å²) in [4.78, 5) is 28.9. The number of allylic oxidation sites excluding steroid dienone is 3. The lowest BCUT2D eigenvalue weighted by atomic mass is 9.94. The Labute approximate surface area is 247 Å². The zero-order chi connectivity index (χ0) is 28.7. The molecule has 0 N–H and O–H groups in total. The Kier molecular flexibility index (Phi) is 8.78.